The lowest BCUT2D eigenvalue weighted by Gasteiger charge is -2.31. The average molecular weight is 283 g/mol. The van der Waals surface area contributed by atoms with Gasteiger partial charge in [-0.2, -0.15) is 0 Å². The molecule has 0 spiro atoms. The van der Waals surface area contributed by atoms with E-state index < -0.39 is 0 Å². The molecule has 1 aromatic heterocycles. The summed E-state index contributed by atoms with van der Waals surface area (Å²) >= 11 is 1.48. The molecule has 0 aromatic carbocycles. The molecule has 1 heterocycles. The first kappa shape index (κ1) is 16.1. The lowest BCUT2D eigenvalue weighted by Crippen LogP contribution is -2.42. The van der Waals surface area contributed by atoms with E-state index in [1.807, 2.05) is 18.7 Å². The van der Waals surface area contributed by atoms with E-state index in [-0.39, 0.29) is 11.3 Å². The maximum Gasteiger partial charge on any atom is 0.265 e. The largest absolute Gasteiger partial charge is 0.337 e. The van der Waals surface area contributed by atoms with Gasteiger partial charge < -0.3 is 10.6 Å². The maximum atomic E-state index is 12.6. The summed E-state index contributed by atoms with van der Waals surface area (Å²) in [6, 6.07) is 0. The highest BCUT2D eigenvalue weighted by Gasteiger charge is 2.26. The Balaban J connectivity index is 2.93. The summed E-state index contributed by atoms with van der Waals surface area (Å²) in [5.74, 6) is 0.0893. The van der Waals surface area contributed by atoms with Crippen molar-refractivity contribution in [2.24, 2.45) is 11.1 Å². The predicted octanol–water partition coefficient (Wildman–Crippen LogP) is 2.60. The highest BCUT2D eigenvalue weighted by molar-refractivity contribution is 7.13. The number of carbonyl (C=O) groups excluding carboxylic acids is 1. The third kappa shape index (κ3) is 4.28. The van der Waals surface area contributed by atoms with Gasteiger partial charge in [0.1, 0.15) is 4.88 Å². The number of aromatic nitrogens is 1. The van der Waals surface area contributed by atoms with E-state index in [0.717, 1.165) is 28.5 Å². The minimum atomic E-state index is -0.0571. The zero-order chi connectivity index (χ0) is 14.6. The molecule has 4 nitrogen and oxygen atoms in total. The molecule has 108 valence electrons. The van der Waals surface area contributed by atoms with Crippen molar-refractivity contribution < 1.29 is 4.79 Å². The topological polar surface area (TPSA) is 59.2 Å². The summed E-state index contributed by atoms with van der Waals surface area (Å²) in [5.41, 5.74) is 6.55. The molecule has 0 unspecified atom stereocenters. The summed E-state index contributed by atoms with van der Waals surface area (Å²) in [5, 5.41) is 0.940. The van der Waals surface area contributed by atoms with E-state index in [1.54, 1.807) is 0 Å². The average Bonchev–Trinajstić information content (AvgIpc) is 2.67. The Hall–Kier alpha value is -0.940. The molecule has 0 radical (unpaired) electrons. The Labute approximate surface area is 120 Å². The second kappa shape index (κ2) is 6.48. The van der Waals surface area contributed by atoms with E-state index >= 15 is 0 Å². The fraction of sp³-hybridized carbons (Fsp3) is 0.714. The van der Waals surface area contributed by atoms with Crippen molar-refractivity contribution in [2.45, 2.75) is 41.0 Å². The Morgan fingerprint density at radius 1 is 1.42 bits per heavy atom. The monoisotopic (exact) mass is 283 g/mol. The van der Waals surface area contributed by atoms with Crippen molar-refractivity contribution in [2.75, 3.05) is 19.6 Å². The number of rotatable bonds is 6. The van der Waals surface area contributed by atoms with E-state index in [1.165, 1.54) is 11.3 Å². The van der Waals surface area contributed by atoms with Crippen LogP contribution < -0.4 is 5.73 Å². The minimum absolute atomic E-state index is 0.0571. The molecule has 1 rings (SSSR count). The van der Waals surface area contributed by atoms with Crippen LogP contribution in [0.25, 0.3) is 0 Å². The van der Waals surface area contributed by atoms with Gasteiger partial charge in [0.25, 0.3) is 5.91 Å². The SMILES string of the molecule is CCCN(CC(C)(C)CN)C(=O)c1sc(C)nc1C. The van der Waals surface area contributed by atoms with Gasteiger partial charge in [-0.1, -0.05) is 20.8 Å². The Kier molecular flexibility index (Phi) is 5.50. The molecule has 0 fully saturated rings. The molecule has 0 aliphatic heterocycles. The van der Waals surface area contributed by atoms with Gasteiger partial charge in [-0.25, -0.2) is 4.98 Å². The van der Waals surface area contributed by atoms with Gasteiger partial charge in [-0.15, -0.1) is 11.3 Å². The van der Waals surface area contributed by atoms with Crippen molar-refractivity contribution in [1.82, 2.24) is 9.88 Å². The molecule has 2 N–H and O–H groups in total. The molecule has 0 bridgehead atoms. The molecule has 0 saturated carbocycles. The van der Waals surface area contributed by atoms with Gasteiger partial charge in [-0.3, -0.25) is 4.79 Å². The van der Waals surface area contributed by atoms with Crippen LogP contribution in [-0.2, 0) is 0 Å². The van der Waals surface area contributed by atoms with Gasteiger partial charge in [0.15, 0.2) is 0 Å². The summed E-state index contributed by atoms with van der Waals surface area (Å²) in [6.07, 6.45) is 0.948. The number of nitrogens with zero attached hydrogens (tertiary/aromatic N) is 2. The second-order valence-electron chi connectivity index (χ2n) is 5.74. The Bertz CT molecular complexity index is 440. The summed E-state index contributed by atoms with van der Waals surface area (Å²) in [6.45, 7) is 12.1. The quantitative estimate of drug-likeness (QED) is 0.873. The summed E-state index contributed by atoms with van der Waals surface area (Å²) in [7, 11) is 0. The van der Waals surface area contributed by atoms with E-state index in [9.17, 15) is 4.79 Å². The van der Waals surface area contributed by atoms with Crippen LogP contribution in [0.15, 0.2) is 0 Å². The summed E-state index contributed by atoms with van der Waals surface area (Å²) in [4.78, 5) is 19.6. The zero-order valence-electron chi connectivity index (χ0n) is 12.6. The number of amides is 1. The van der Waals surface area contributed by atoms with E-state index in [4.69, 9.17) is 5.73 Å². The van der Waals surface area contributed by atoms with Crippen molar-refractivity contribution in [3.8, 4) is 0 Å². The van der Waals surface area contributed by atoms with Crippen LogP contribution in [0.5, 0.6) is 0 Å². The first-order valence-corrected chi connectivity index (χ1v) is 7.55. The van der Waals surface area contributed by atoms with Gasteiger partial charge in [0.05, 0.1) is 10.7 Å². The first-order chi connectivity index (χ1) is 8.80. The number of aryl methyl sites for hydroxylation is 2. The van der Waals surface area contributed by atoms with Gasteiger partial charge in [0.2, 0.25) is 0 Å². The first-order valence-electron chi connectivity index (χ1n) is 6.74. The fourth-order valence-corrected chi connectivity index (χ4v) is 2.86. The second-order valence-corrected chi connectivity index (χ2v) is 6.95. The van der Waals surface area contributed by atoms with E-state index in [0.29, 0.717) is 13.1 Å². The van der Waals surface area contributed by atoms with Gasteiger partial charge >= 0.3 is 0 Å². The molecule has 0 saturated heterocycles. The number of carbonyl (C=O) groups is 1. The normalized spacial score (nSPS) is 11.7. The van der Waals surface area contributed by atoms with Crippen molar-refractivity contribution >= 4 is 17.2 Å². The minimum Gasteiger partial charge on any atom is -0.337 e. The Morgan fingerprint density at radius 2 is 2.05 bits per heavy atom. The standard InChI is InChI=1S/C14H25N3OS/c1-6-7-17(9-14(4,5)8-15)13(18)12-10(2)16-11(3)19-12/h6-9,15H2,1-5H3. The van der Waals surface area contributed by atoms with Crippen LogP contribution in [0.1, 0.15) is 47.6 Å². The molecule has 0 aliphatic carbocycles. The Morgan fingerprint density at radius 3 is 2.47 bits per heavy atom. The molecule has 0 atom stereocenters. The number of thiazole rings is 1. The molecule has 19 heavy (non-hydrogen) atoms. The van der Waals surface area contributed by atoms with Crippen molar-refractivity contribution in [3.63, 3.8) is 0 Å². The van der Waals surface area contributed by atoms with Crippen LogP contribution >= 0.6 is 11.3 Å². The number of hydrogen-bond donors (Lipinski definition) is 1. The van der Waals surface area contributed by atoms with Crippen LogP contribution in [-0.4, -0.2) is 35.4 Å². The third-order valence-corrected chi connectivity index (χ3v) is 4.11. The van der Waals surface area contributed by atoms with Crippen molar-refractivity contribution in [3.05, 3.63) is 15.6 Å². The fourth-order valence-electron chi connectivity index (χ4n) is 1.98. The molecule has 1 aromatic rings. The van der Waals surface area contributed by atoms with Crippen molar-refractivity contribution in [1.29, 1.82) is 0 Å². The number of nitrogens with two attached hydrogens (primary N) is 1. The summed E-state index contributed by atoms with van der Waals surface area (Å²) < 4.78 is 0. The molecule has 0 aliphatic rings. The smallest absolute Gasteiger partial charge is 0.265 e. The van der Waals surface area contributed by atoms with Crippen LogP contribution in [0.2, 0.25) is 0 Å². The van der Waals surface area contributed by atoms with Crippen LogP contribution in [0, 0.1) is 19.3 Å². The maximum absolute atomic E-state index is 12.6. The molecular formula is C14H25N3OS. The third-order valence-electron chi connectivity index (χ3n) is 3.05. The lowest BCUT2D eigenvalue weighted by atomic mass is 9.93. The molecule has 1 amide bonds. The highest BCUT2D eigenvalue weighted by atomic mass is 32.1. The molecular weight excluding hydrogens is 258 g/mol. The lowest BCUT2D eigenvalue weighted by molar-refractivity contribution is 0.0693. The van der Waals surface area contributed by atoms with Crippen LogP contribution in [0.3, 0.4) is 0 Å². The van der Waals surface area contributed by atoms with E-state index in [2.05, 4.69) is 25.8 Å². The molecule has 5 heteroatoms. The van der Waals surface area contributed by atoms with Gasteiger partial charge in [-0.05, 0) is 32.2 Å². The predicted molar refractivity (Wildman–Crippen MR) is 80.6 cm³/mol. The van der Waals surface area contributed by atoms with Crippen LogP contribution in [0.4, 0.5) is 0 Å². The highest BCUT2D eigenvalue weighted by Crippen LogP contribution is 2.22. The number of hydrogen-bond acceptors (Lipinski definition) is 4. The van der Waals surface area contributed by atoms with Gasteiger partial charge in [0, 0.05) is 13.1 Å². The zero-order valence-corrected chi connectivity index (χ0v) is 13.4.